The summed E-state index contributed by atoms with van der Waals surface area (Å²) in [7, 11) is -0.930. The number of rotatable bonds is 5. The van der Waals surface area contributed by atoms with Crippen molar-refractivity contribution in [2.24, 2.45) is 0 Å². The molecule has 0 aromatic carbocycles. The molecule has 1 heterocycles. The number of hydrogen-bond acceptors (Lipinski definition) is 4. The molecule has 0 spiro atoms. The van der Waals surface area contributed by atoms with E-state index in [-0.39, 0.29) is 15.8 Å². The summed E-state index contributed by atoms with van der Waals surface area (Å²) in [5.74, 6) is -0.678. The van der Waals surface area contributed by atoms with Crippen molar-refractivity contribution in [3.8, 4) is 0 Å². The zero-order valence-corrected chi connectivity index (χ0v) is 11.0. The molecule has 1 aromatic heterocycles. The van der Waals surface area contributed by atoms with Crippen LogP contribution in [0.3, 0.4) is 0 Å². The number of aromatic nitrogens is 1. The lowest BCUT2D eigenvalue weighted by Gasteiger charge is -2.11. The van der Waals surface area contributed by atoms with Crippen molar-refractivity contribution in [2.45, 2.75) is 12.2 Å². The third-order valence-corrected chi connectivity index (χ3v) is 3.80. The quantitative estimate of drug-likeness (QED) is 0.854. The number of carboxylic acid groups (broad SMARTS) is 1. The molecule has 1 aromatic rings. The van der Waals surface area contributed by atoms with Crippen LogP contribution in [0.1, 0.15) is 17.3 Å². The minimum Gasteiger partial charge on any atom is -0.478 e. The Labute approximate surface area is 107 Å². The van der Waals surface area contributed by atoms with Crippen molar-refractivity contribution < 1.29 is 14.1 Å². The Morgan fingerprint density at radius 2 is 2.35 bits per heavy atom. The van der Waals surface area contributed by atoms with E-state index in [1.54, 1.807) is 6.26 Å². The average Bonchev–Trinajstić information content (AvgIpc) is 2.26. The van der Waals surface area contributed by atoms with Crippen molar-refractivity contribution >= 4 is 34.2 Å². The zero-order chi connectivity index (χ0) is 13.0. The lowest BCUT2D eigenvalue weighted by molar-refractivity contribution is 0.0696. The van der Waals surface area contributed by atoms with Crippen molar-refractivity contribution in [1.82, 2.24) is 4.98 Å². The van der Waals surface area contributed by atoms with Crippen molar-refractivity contribution in [3.63, 3.8) is 0 Å². The smallest absolute Gasteiger partial charge is 0.337 e. The highest BCUT2D eigenvalue weighted by Gasteiger charge is 2.10. The molecule has 5 nitrogen and oxygen atoms in total. The fourth-order valence-electron chi connectivity index (χ4n) is 1.04. The van der Waals surface area contributed by atoms with Gasteiger partial charge in [0.2, 0.25) is 0 Å². The molecule has 17 heavy (non-hydrogen) atoms. The summed E-state index contributed by atoms with van der Waals surface area (Å²) in [6, 6.07) is 1.33. The van der Waals surface area contributed by atoms with Crippen LogP contribution in [0, 0.1) is 0 Å². The summed E-state index contributed by atoms with van der Waals surface area (Å²) in [4.78, 5) is 14.6. The predicted octanol–water partition coefficient (Wildman–Crippen LogP) is 1.61. The van der Waals surface area contributed by atoms with Crippen molar-refractivity contribution in [1.29, 1.82) is 0 Å². The molecule has 0 aliphatic rings. The van der Waals surface area contributed by atoms with Gasteiger partial charge in [-0.05, 0) is 13.0 Å². The van der Waals surface area contributed by atoms with Crippen LogP contribution in [0.2, 0.25) is 5.02 Å². The van der Waals surface area contributed by atoms with Crippen molar-refractivity contribution in [2.75, 3.05) is 18.1 Å². The van der Waals surface area contributed by atoms with E-state index < -0.39 is 16.8 Å². The number of carboxylic acids is 1. The minimum atomic E-state index is -1.08. The third-order valence-electron chi connectivity index (χ3n) is 2.21. The molecule has 0 saturated carbocycles. The van der Waals surface area contributed by atoms with Gasteiger partial charge in [-0.2, -0.15) is 0 Å². The Morgan fingerprint density at radius 3 is 2.82 bits per heavy atom. The fourth-order valence-corrected chi connectivity index (χ4v) is 1.59. The summed E-state index contributed by atoms with van der Waals surface area (Å²) in [6.07, 6.45) is 2.85. The predicted molar refractivity (Wildman–Crippen MR) is 68.2 cm³/mol. The third kappa shape index (κ3) is 3.98. The van der Waals surface area contributed by atoms with Gasteiger partial charge in [0.05, 0.1) is 10.6 Å². The summed E-state index contributed by atoms with van der Waals surface area (Å²) < 4.78 is 11.1. The molecule has 1 rings (SSSR count). The van der Waals surface area contributed by atoms with E-state index in [2.05, 4.69) is 10.3 Å². The zero-order valence-electron chi connectivity index (χ0n) is 9.44. The molecular weight excluding hydrogens is 264 g/mol. The Balaban J connectivity index is 2.73. The first kappa shape index (κ1) is 13.9. The van der Waals surface area contributed by atoms with E-state index in [1.807, 2.05) is 6.92 Å². The number of halogens is 1. The first-order valence-electron chi connectivity index (χ1n) is 4.86. The number of anilines is 1. The average molecular weight is 277 g/mol. The highest BCUT2D eigenvalue weighted by Crippen LogP contribution is 2.20. The van der Waals surface area contributed by atoms with Crippen molar-refractivity contribution in [3.05, 3.63) is 22.8 Å². The second-order valence-electron chi connectivity index (χ2n) is 3.55. The standard InChI is InChI=1S/C10H13ClN2O3S/c1-6(17(2)16)4-12-9-8(11)3-7(5-13-9)10(14)15/h3,5-6H,4H2,1-2H3,(H,12,13)(H,14,15). The van der Waals surface area contributed by atoms with Gasteiger partial charge >= 0.3 is 5.97 Å². The molecule has 7 heteroatoms. The highest BCUT2D eigenvalue weighted by molar-refractivity contribution is 7.84. The second kappa shape index (κ2) is 5.97. The number of nitrogens with zero attached hydrogens (tertiary/aromatic N) is 1. The SMILES string of the molecule is CC(CNc1ncc(C(=O)O)cc1Cl)S(C)=O. The van der Waals surface area contributed by atoms with Crippen LogP contribution in [0.15, 0.2) is 12.3 Å². The molecular formula is C10H13ClN2O3S. The molecule has 0 amide bonds. The topological polar surface area (TPSA) is 79.3 Å². The Kier molecular flexibility index (Phi) is 4.89. The van der Waals surface area contributed by atoms with Crippen LogP contribution in [-0.2, 0) is 10.8 Å². The molecule has 0 radical (unpaired) electrons. The van der Waals surface area contributed by atoms with Crippen LogP contribution in [0.5, 0.6) is 0 Å². The van der Waals surface area contributed by atoms with Gasteiger partial charge in [-0.15, -0.1) is 0 Å². The van der Waals surface area contributed by atoms with E-state index in [0.717, 1.165) is 0 Å². The van der Waals surface area contributed by atoms with Gasteiger partial charge in [0.15, 0.2) is 0 Å². The minimum absolute atomic E-state index is 0.0349. The second-order valence-corrected chi connectivity index (χ2v) is 5.76. The summed E-state index contributed by atoms with van der Waals surface area (Å²) in [5, 5.41) is 11.9. The normalized spacial score (nSPS) is 14.1. The first-order valence-corrected chi connectivity index (χ1v) is 6.86. The van der Waals surface area contributed by atoms with E-state index in [0.29, 0.717) is 12.4 Å². The number of pyridine rings is 1. The van der Waals surface area contributed by atoms with E-state index in [1.165, 1.54) is 12.3 Å². The number of carbonyl (C=O) groups is 1. The van der Waals surface area contributed by atoms with E-state index in [4.69, 9.17) is 16.7 Å². The molecule has 0 aliphatic heterocycles. The first-order chi connectivity index (χ1) is 7.91. The molecule has 94 valence electrons. The highest BCUT2D eigenvalue weighted by atomic mass is 35.5. The molecule has 0 aliphatic carbocycles. The van der Waals surface area contributed by atoms with Gasteiger partial charge in [-0.25, -0.2) is 9.78 Å². The summed E-state index contributed by atoms with van der Waals surface area (Å²) >= 11 is 5.87. The van der Waals surface area contributed by atoms with E-state index >= 15 is 0 Å². The molecule has 2 N–H and O–H groups in total. The Hall–Kier alpha value is -1.14. The number of aromatic carboxylic acids is 1. The van der Waals surface area contributed by atoms with Crippen LogP contribution >= 0.6 is 11.6 Å². The molecule has 0 fully saturated rings. The largest absolute Gasteiger partial charge is 0.478 e. The van der Waals surface area contributed by atoms with Crippen LogP contribution in [0.4, 0.5) is 5.82 Å². The molecule has 2 unspecified atom stereocenters. The Bertz CT molecular complexity index is 453. The van der Waals surface area contributed by atoms with E-state index in [9.17, 15) is 9.00 Å². The molecule has 0 bridgehead atoms. The summed E-state index contributed by atoms with van der Waals surface area (Å²) in [5.41, 5.74) is 0.0349. The van der Waals surface area contributed by atoms with Gasteiger partial charge < -0.3 is 10.4 Å². The van der Waals surface area contributed by atoms with Gasteiger partial charge in [0.25, 0.3) is 0 Å². The maximum atomic E-state index is 11.1. The van der Waals surface area contributed by atoms with Gasteiger partial charge in [-0.1, -0.05) is 11.6 Å². The van der Waals surface area contributed by atoms with Gasteiger partial charge in [-0.3, -0.25) is 4.21 Å². The Morgan fingerprint density at radius 1 is 1.71 bits per heavy atom. The van der Waals surface area contributed by atoms with Crippen LogP contribution in [0.25, 0.3) is 0 Å². The molecule has 0 saturated heterocycles. The molecule has 2 atom stereocenters. The van der Waals surface area contributed by atoms with Gasteiger partial charge in [0.1, 0.15) is 5.82 Å². The summed E-state index contributed by atoms with van der Waals surface area (Å²) in [6.45, 7) is 2.30. The number of hydrogen-bond donors (Lipinski definition) is 2. The lowest BCUT2D eigenvalue weighted by atomic mass is 10.3. The monoisotopic (exact) mass is 276 g/mol. The van der Waals surface area contributed by atoms with Crippen LogP contribution < -0.4 is 5.32 Å². The maximum Gasteiger partial charge on any atom is 0.337 e. The maximum absolute atomic E-state index is 11.1. The van der Waals surface area contributed by atoms with Gasteiger partial charge in [0, 0.05) is 35.0 Å². The number of nitrogens with one attached hydrogen (secondary N) is 1. The van der Waals surface area contributed by atoms with Crippen LogP contribution in [-0.4, -0.2) is 38.3 Å². The lowest BCUT2D eigenvalue weighted by Crippen LogP contribution is -2.21. The fraction of sp³-hybridized carbons (Fsp3) is 0.400.